The van der Waals surface area contributed by atoms with Crippen molar-refractivity contribution in [1.29, 1.82) is 0 Å². The first-order valence-corrected chi connectivity index (χ1v) is 9.31. The van der Waals surface area contributed by atoms with Crippen molar-refractivity contribution in [1.82, 2.24) is 16.1 Å². The number of nitrogens with one attached hydrogen (secondary N) is 3. The number of hydrogen-bond donors (Lipinski definition) is 3. The van der Waals surface area contributed by atoms with Gasteiger partial charge in [0, 0.05) is 19.0 Å². The zero-order valence-corrected chi connectivity index (χ0v) is 15.5. The molecule has 3 N–H and O–H groups in total. The van der Waals surface area contributed by atoms with Gasteiger partial charge in [-0.25, -0.2) is 5.01 Å². The lowest BCUT2D eigenvalue weighted by atomic mass is 10.1. The van der Waals surface area contributed by atoms with Crippen molar-refractivity contribution in [3.8, 4) is 0 Å². The van der Waals surface area contributed by atoms with E-state index in [9.17, 15) is 14.4 Å². The maximum absolute atomic E-state index is 12.3. The minimum Gasteiger partial charge on any atom is -0.354 e. The largest absolute Gasteiger partial charge is 0.354 e. The Morgan fingerprint density at radius 3 is 2.52 bits per heavy atom. The van der Waals surface area contributed by atoms with Gasteiger partial charge in [-0.1, -0.05) is 30.5 Å². The second-order valence-corrected chi connectivity index (χ2v) is 6.87. The van der Waals surface area contributed by atoms with Crippen LogP contribution >= 0.6 is 0 Å². The number of hydrazine groups is 1. The highest BCUT2D eigenvalue weighted by Gasteiger charge is 2.25. The molecule has 144 valence electrons. The molecule has 1 saturated carbocycles. The second kappa shape index (κ2) is 8.66. The molecule has 1 aliphatic heterocycles. The number of carbonyl (C=O) groups is 3. The third kappa shape index (κ3) is 4.84. The van der Waals surface area contributed by atoms with Crippen LogP contribution in [0.3, 0.4) is 0 Å². The van der Waals surface area contributed by atoms with Gasteiger partial charge in [0.1, 0.15) is 6.54 Å². The molecule has 0 saturated heterocycles. The summed E-state index contributed by atoms with van der Waals surface area (Å²) >= 11 is 0. The number of carbonyl (C=O) groups excluding carboxylic acids is 3. The lowest BCUT2D eigenvalue weighted by molar-refractivity contribution is -0.125. The number of amidine groups is 1. The van der Waals surface area contributed by atoms with E-state index in [0.29, 0.717) is 18.8 Å². The Hall–Kier alpha value is -2.90. The van der Waals surface area contributed by atoms with Crippen LogP contribution in [-0.2, 0) is 14.4 Å². The number of benzene rings is 1. The quantitative estimate of drug-likeness (QED) is 0.640. The maximum Gasteiger partial charge on any atom is 0.288 e. The SMILES string of the molecule is Cc1ccc(N2NC(C(=O)NCCNC(=O)C3CCCC3)=NCC2=O)cc1. The maximum atomic E-state index is 12.3. The molecule has 1 heterocycles. The average Bonchev–Trinajstić information content (AvgIpc) is 3.21. The molecule has 1 aromatic carbocycles. The number of aliphatic imine (C=N–C) groups is 1. The van der Waals surface area contributed by atoms with Crippen molar-refractivity contribution in [3.05, 3.63) is 29.8 Å². The van der Waals surface area contributed by atoms with Gasteiger partial charge in [-0.3, -0.25) is 24.8 Å². The molecule has 3 amide bonds. The highest BCUT2D eigenvalue weighted by Crippen LogP contribution is 2.24. The number of rotatable bonds is 6. The summed E-state index contributed by atoms with van der Waals surface area (Å²) in [6.45, 7) is 2.54. The number of aryl methyl sites for hydroxylation is 1. The van der Waals surface area contributed by atoms with Gasteiger partial charge in [0.15, 0.2) is 0 Å². The van der Waals surface area contributed by atoms with E-state index >= 15 is 0 Å². The smallest absolute Gasteiger partial charge is 0.288 e. The molecular formula is C19H25N5O3. The second-order valence-electron chi connectivity index (χ2n) is 6.87. The third-order valence-electron chi connectivity index (χ3n) is 4.78. The van der Waals surface area contributed by atoms with Gasteiger partial charge >= 0.3 is 0 Å². The molecule has 1 aromatic rings. The van der Waals surface area contributed by atoms with Crippen molar-refractivity contribution in [3.63, 3.8) is 0 Å². The van der Waals surface area contributed by atoms with Crippen molar-refractivity contribution >= 4 is 29.2 Å². The van der Waals surface area contributed by atoms with Crippen molar-refractivity contribution in [2.75, 3.05) is 24.6 Å². The van der Waals surface area contributed by atoms with Crippen molar-refractivity contribution < 1.29 is 14.4 Å². The van der Waals surface area contributed by atoms with Gasteiger partial charge in [0.25, 0.3) is 11.8 Å². The van der Waals surface area contributed by atoms with Crippen LogP contribution in [0.1, 0.15) is 31.2 Å². The molecule has 0 spiro atoms. The monoisotopic (exact) mass is 371 g/mol. The highest BCUT2D eigenvalue weighted by molar-refractivity contribution is 6.39. The van der Waals surface area contributed by atoms with Crippen LogP contribution in [0.5, 0.6) is 0 Å². The Morgan fingerprint density at radius 2 is 1.81 bits per heavy atom. The minimum atomic E-state index is -0.408. The van der Waals surface area contributed by atoms with E-state index in [0.717, 1.165) is 31.2 Å². The first-order valence-electron chi connectivity index (χ1n) is 9.31. The summed E-state index contributed by atoms with van der Waals surface area (Å²) in [5.41, 5.74) is 4.49. The van der Waals surface area contributed by atoms with Gasteiger partial charge < -0.3 is 10.6 Å². The molecule has 0 bridgehead atoms. The van der Waals surface area contributed by atoms with Crippen LogP contribution in [0.2, 0.25) is 0 Å². The lowest BCUT2D eigenvalue weighted by Gasteiger charge is -2.27. The molecule has 27 heavy (non-hydrogen) atoms. The Morgan fingerprint density at radius 1 is 1.15 bits per heavy atom. The summed E-state index contributed by atoms with van der Waals surface area (Å²) in [4.78, 5) is 40.3. The van der Waals surface area contributed by atoms with Crippen molar-refractivity contribution in [2.24, 2.45) is 10.9 Å². The average molecular weight is 371 g/mol. The first-order chi connectivity index (χ1) is 13.0. The van der Waals surface area contributed by atoms with Crippen LogP contribution < -0.4 is 21.1 Å². The van der Waals surface area contributed by atoms with Crippen LogP contribution in [0.4, 0.5) is 5.69 Å². The molecule has 0 radical (unpaired) electrons. The summed E-state index contributed by atoms with van der Waals surface area (Å²) in [5.74, 6) is -0.392. The van der Waals surface area contributed by atoms with Gasteiger partial charge in [-0.05, 0) is 31.9 Å². The predicted molar refractivity (Wildman–Crippen MR) is 102 cm³/mol. The van der Waals surface area contributed by atoms with E-state index < -0.39 is 5.91 Å². The standard InChI is InChI=1S/C19H25N5O3/c1-13-6-8-15(9-7-13)24-16(25)12-22-17(23-24)19(27)21-11-10-20-18(26)14-4-2-3-5-14/h6-9,14H,2-5,10-12H2,1H3,(H,20,26)(H,21,27)(H,22,23). The summed E-state index contributed by atoms with van der Waals surface area (Å²) in [6, 6.07) is 7.39. The fourth-order valence-electron chi connectivity index (χ4n) is 3.22. The van der Waals surface area contributed by atoms with E-state index in [-0.39, 0.29) is 30.1 Å². The van der Waals surface area contributed by atoms with Gasteiger partial charge in [0.2, 0.25) is 11.7 Å². The van der Waals surface area contributed by atoms with Gasteiger partial charge in [-0.2, -0.15) is 0 Å². The lowest BCUT2D eigenvalue weighted by Crippen LogP contribution is -2.56. The summed E-state index contributed by atoms with van der Waals surface area (Å²) < 4.78 is 0. The Kier molecular flexibility index (Phi) is 6.05. The molecular weight excluding hydrogens is 346 g/mol. The molecule has 3 rings (SSSR count). The fourth-order valence-corrected chi connectivity index (χ4v) is 3.22. The van der Waals surface area contributed by atoms with Crippen molar-refractivity contribution in [2.45, 2.75) is 32.6 Å². The van der Waals surface area contributed by atoms with Gasteiger partial charge in [-0.15, -0.1) is 0 Å². The van der Waals surface area contributed by atoms with E-state index in [1.165, 1.54) is 5.01 Å². The van der Waals surface area contributed by atoms with Crippen LogP contribution in [0.15, 0.2) is 29.3 Å². The van der Waals surface area contributed by atoms with Crippen LogP contribution in [-0.4, -0.2) is 43.2 Å². The Bertz CT molecular complexity index is 738. The van der Waals surface area contributed by atoms with E-state index in [1.54, 1.807) is 12.1 Å². The first kappa shape index (κ1) is 18.9. The molecule has 8 heteroatoms. The molecule has 0 unspecified atom stereocenters. The Labute approximate surface area is 158 Å². The summed E-state index contributed by atoms with van der Waals surface area (Å²) in [6.07, 6.45) is 4.11. The number of anilines is 1. The molecule has 1 fully saturated rings. The van der Waals surface area contributed by atoms with E-state index in [2.05, 4.69) is 21.1 Å². The zero-order valence-electron chi connectivity index (χ0n) is 15.5. The van der Waals surface area contributed by atoms with Gasteiger partial charge in [0.05, 0.1) is 5.69 Å². The van der Waals surface area contributed by atoms with Crippen LogP contribution in [0.25, 0.3) is 0 Å². The summed E-state index contributed by atoms with van der Waals surface area (Å²) in [5, 5.41) is 6.88. The molecule has 0 atom stereocenters. The van der Waals surface area contributed by atoms with E-state index in [1.807, 2.05) is 19.1 Å². The topological polar surface area (TPSA) is 103 Å². The fraction of sp³-hybridized carbons (Fsp3) is 0.474. The minimum absolute atomic E-state index is 0.0611. The number of hydrogen-bond acceptors (Lipinski definition) is 5. The molecule has 2 aliphatic rings. The Balaban J connectivity index is 1.47. The normalized spacial score (nSPS) is 17.3. The number of nitrogens with zero attached hydrogens (tertiary/aromatic N) is 2. The molecule has 0 aromatic heterocycles. The predicted octanol–water partition coefficient (Wildman–Crippen LogP) is 0.667. The zero-order chi connectivity index (χ0) is 19.2. The molecule has 8 nitrogen and oxygen atoms in total. The highest BCUT2D eigenvalue weighted by atomic mass is 16.2. The van der Waals surface area contributed by atoms with E-state index in [4.69, 9.17) is 0 Å². The summed E-state index contributed by atoms with van der Waals surface area (Å²) in [7, 11) is 0. The molecule has 1 aliphatic carbocycles. The number of amides is 3. The van der Waals surface area contributed by atoms with Crippen LogP contribution in [0, 0.1) is 12.8 Å². The third-order valence-corrected chi connectivity index (χ3v) is 4.78.